The Morgan fingerprint density at radius 3 is 2.50 bits per heavy atom. The average molecular weight is 232 g/mol. The highest BCUT2D eigenvalue weighted by Gasteiger charge is 2.17. The minimum absolute atomic E-state index is 0.000260. The molecule has 96 valence electrons. The van der Waals surface area contributed by atoms with Crippen molar-refractivity contribution in [3.63, 3.8) is 0 Å². The number of nitrogens with one attached hydrogen (secondary N) is 2. The Hall–Kier alpha value is -0.650. The van der Waals surface area contributed by atoms with Crippen LogP contribution >= 0.6 is 0 Å². The molecule has 5 heteroatoms. The van der Waals surface area contributed by atoms with E-state index in [2.05, 4.69) is 10.6 Å². The second-order valence-corrected chi connectivity index (χ2v) is 4.37. The van der Waals surface area contributed by atoms with Gasteiger partial charge in [0.25, 0.3) is 0 Å². The van der Waals surface area contributed by atoms with Crippen LogP contribution in [-0.4, -0.2) is 52.0 Å². The molecule has 0 aliphatic rings. The van der Waals surface area contributed by atoms with E-state index in [-0.39, 0.29) is 11.4 Å². The number of carbonyl (C=O) groups excluding carboxylic acids is 1. The lowest BCUT2D eigenvalue weighted by Gasteiger charge is -2.24. The van der Waals surface area contributed by atoms with E-state index in [1.165, 1.54) is 0 Å². The highest BCUT2D eigenvalue weighted by molar-refractivity contribution is 5.78. The van der Waals surface area contributed by atoms with Crippen LogP contribution < -0.4 is 10.6 Å². The maximum Gasteiger partial charge on any atom is 0.233 e. The summed E-state index contributed by atoms with van der Waals surface area (Å²) in [6, 6.07) is 0. The van der Waals surface area contributed by atoms with Crippen molar-refractivity contribution < 1.29 is 14.3 Å². The number of carbonyl (C=O) groups is 1. The van der Waals surface area contributed by atoms with Gasteiger partial charge in [-0.3, -0.25) is 4.79 Å². The second-order valence-electron chi connectivity index (χ2n) is 4.37. The lowest BCUT2D eigenvalue weighted by molar-refractivity contribution is -0.120. The summed E-state index contributed by atoms with van der Waals surface area (Å²) < 4.78 is 9.93. The van der Waals surface area contributed by atoms with E-state index in [9.17, 15) is 4.79 Å². The summed E-state index contributed by atoms with van der Waals surface area (Å²) in [6.07, 6.45) is 0.837. The Balaban J connectivity index is 3.56. The minimum atomic E-state index is -0.182. The number of hydrogen-bond donors (Lipinski definition) is 2. The van der Waals surface area contributed by atoms with Crippen LogP contribution in [0.15, 0.2) is 0 Å². The van der Waals surface area contributed by atoms with E-state index in [1.54, 1.807) is 14.2 Å². The molecule has 0 aromatic heterocycles. The van der Waals surface area contributed by atoms with E-state index in [0.29, 0.717) is 26.3 Å². The summed E-state index contributed by atoms with van der Waals surface area (Å²) in [4.78, 5) is 11.4. The number of amides is 1. The number of ether oxygens (including phenoxy) is 2. The van der Waals surface area contributed by atoms with Crippen LogP contribution in [0.1, 0.15) is 20.3 Å². The molecule has 2 N–H and O–H groups in total. The Morgan fingerprint density at radius 1 is 1.25 bits per heavy atom. The van der Waals surface area contributed by atoms with Crippen LogP contribution in [0.3, 0.4) is 0 Å². The zero-order valence-corrected chi connectivity index (χ0v) is 10.8. The lowest BCUT2D eigenvalue weighted by Crippen LogP contribution is -2.48. The molecule has 0 aromatic rings. The first-order chi connectivity index (χ1) is 7.52. The van der Waals surface area contributed by atoms with Crippen LogP contribution in [0.25, 0.3) is 0 Å². The Bertz CT molecular complexity index is 196. The molecule has 0 fully saturated rings. The highest BCUT2D eigenvalue weighted by atomic mass is 16.5. The minimum Gasteiger partial charge on any atom is -0.385 e. The summed E-state index contributed by atoms with van der Waals surface area (Å²) in [5, 5.41) is 5.94. The molecule has 0 heterocycles. The van der Waals surface area contributed by atoms with Gasteiger partial charge in [0.15, 0.2) is 0 Å². The normalized spacial score (nSPS) is 11.5. The molecule has 0 aromatic carbocycles. The van der Waals surface area contributed by atoms with Gasteiger partial charge in [-0.2, -0.15) is 0 Å². The van der Waals surface area contributed by atoms with Crippen molar-refractivity contribution in [2.45, 2.75) is 25.8 Å². The Kier molecular flexibility index (Phi) is 8.15. The van der Waals surface area contributed by atoms with Gasteiger partial charge in [0.05, 0.1) is 13.2 Å². The first kappa shape index (κ1) is 15.3. The van der Waals surface area contributed by atoms with E-state index in [1.807, 2.05) is 13.8 Å². The smallest absolute Gasteiger partial charge is 0.233 e. The fourth-order valence-corrected chi connectivity index (χ4v) is 1.24. The van der Waals surface area contributed by atoms with Crippen molar-refractivity contribution in [2.75, 3.05) is 40.5 Å². The summed E-state index contributed by atoms with van der Waals surface area (Å²) in [7, 11) is 3.30. The summed E-state index contributed by atoms with van der Waals surface area (Å²) in [5.41, 5.74) is -0.182. The van der Waals surface area contributed by atoms with E-state index >= 15 is 0 Å². The molecular weight excluding hydrogens is 208 g/mol. The average Bonchev–Trinajstić information content (AvgIpc) is 2.22. The third kappa shape index (κ3) is 8.64. The quantitative estimate of drug-likeness (QED) is 0.556. The molecule has 0 saturated carbocycles. The van der Waals surface area contributed by atoms with Gasteiger partial charge in [-0.25, -0.2) is 0 Å². The van der Waals surface area contributed by atoms with Gasteiger partial charge in [-0.15, -0.1) is 0 Å². The number of rotatable bonds is 9. The monoisotopic (exact) mass is 232 g/mol. The van der Waals surface area contributed by atoms with Crippen molar-refractivity contribution >= 4 is 5.91 Å². The summed E-state index contributed by atoms with van der Waals surface area (Å²) in [6.45, 7) is 6.19. The third-order valence-corrected chi connectivity index (χ3v) is 2.08. The molecule has 0 bridgehead atoms. The van der Waals surface area contributed by atoms with Crippen molar-refractivity contribution in [3.8, 4) is 0 Å². The van der Waals surface area contributed by atoms with Crippen LogP contribution in [0.5, 0.6) is 0 Å². The van der Waals surface area contributed by atoms with Gasteiger partial charge in [0.2, 0.25) is 5.91 Å². The fraction of sp³-hybridized carbons (Fsp3) is 0.909. The topological polar surface area (TPSA) is 59.6 Å². The standard InChI is InChI=1S/C11H24N2O3/c1-11(2,9-16-4)13-8-10(14)12-6-5-7-15-3/h13H,5-9H2,1-4H3,(H,12,14). The molecule has 0 aliphatic heterocycles. The Morgan fingerprint density at radius 2 is 1.94 bits per heavy atom. The predicted molar refractivity (Wildman–Crippen MR) is 63.5 cm³/mol. The molecule has 0 atom stereocenters. The first-order valence-corrected chi connectivity index (χ1v) is 5.51. The molecule has 0 rings (SSSR count). The van der Waals surface area contributed by atoms with Gasteiger partial charge in [0.1, 0.15) is 0 Å². The number of methoxy groups -OCH3 is 2. The van der Waals surface area contributed by atoms with Gasteiger partial charge < -0.3 is 20.1 Å². The zero-order chi connectivity index (χ0) is 12.4. The molecule has 1 amide bonds. The second kappa shape index (κ2) is 8.50. The SMILES string of the molecule is COCCCNC(=O)CNC(C)(C)COC. The number of hydrogen-bond acceptors (Lipinski definition) is 4. The predicted octanol–water partition coefficient (Wildman–Crippen LogP) is 0.154. The third-order valence-electron chi connectivity index (χ3n) is 2.08. The van der Waals surface area contributed by atoms with E-state index < -0.39 is 0 Å². The van der Waals surface area contributed by atoms with Gasteiger partial charge in [-0.1, -0.05) is 0 Å². The van der Waals surface area contributed by atoms with Crippen molar-refractivity contribution in [1.82, 2.24) is 10.6 Å². The maximum absolute atomic E-state index is 11.4. The fourth-order valence-electron chi connectivity index (χ4n) is 1.24. The van der Waals surface area contributed by atoms with Crippen molar-refractivity contribution in [3.05, 3.63) is 0 Å². The van der Waals surface area contributed by atoms with E-state index in [4.69, 9.17) is 9.47 Å². The maximum atomic E-state index is 11.4. The van der Waals surface area contributed by atoms with Crippen LogP contribution in [-0.2, 0) is 14.3 Å². The molecule has 0 radical (unpaired) electrons. The molecule has 0 saturated heterocycles. The molecule has 0 unspecified atom stereocenters. The summed E-state index contributed by atoms with van der Waals surface area (Å²) >= 11 is 0. The first-order valence-electron chi connectivity index (χ1n) is 5.51. The van der Waals surface area contributed by atoms with Crippen LogP contribution in [0.2, 0.25) is 0 Å². The van der Waals surface area contributed by atoms with Gasteiger partial charge in [0, 0.05) is 32.9 Å². The Labute approximate surface area is 97.9 Å². The molecule has 5 nitrogen and oxygen atoms in total. The van der Waals surface area contributed by atoms with Crippen LogP contribution in [0.4, 0.5) is 0 Å². The lowest BCUT2D eigenvalue weighted by atomic mass is 10.1. The largest absolute Gasteiger partial charge is 0.385 e. The van der Waals surface area contributed by atoms with Crippen LogP contribution in [0, 0.1) is 0 Å². The van der Waals surface area contributed by atoms with E-state index in [0.717, 1.165) is 6.42 Å². The molecule has 16 heavy (non-hydrogen) atoms. The zero-order valence-electron chi connectivity index (χ0n) is 10.8. The molecule has 0 aliphatic carbocycles. The van der Waals surface area contributed by atoms with Crippen molar-refractivity contribution in [1.29, 1.82) is 0 Å². The highest BCUT2D eigenvalue weighted by Crippen LogP contribution is 2.00. The summed E-state index contributed by atoms with van der Waals surface area (Å²) in [5.74, 6) is 0.000260. The van der Waals surface area contributed by atoms with Gasteiger partial charge >= 0.3 is 0 Å². The molecule has 0 spiro atoms. The van der Waals surface area contributed by atoms with Gasteiger partial charge in [-0.05, 0) is 20.3 Å². The molecular formula is C11H24N2O3. The van der Waals surface area contributed by atoms with Crippen molar-refractivity contribution in [2.24, 2.45) is 0 Å².